The zero-order chi connectivity index (χ0) is 18.4. The SMILES string of the molecule is O=C(NCCN1CCOCC1)c1ccc(C[S@](=O)c2ccc(F)cc2)o1. The molecule has 1 amide bonds. The third-order valence-electron chi connectivity index (χ3n) is 4.05. The van der Waals surface area contributed by atoms with Crippen molar-refractivity contribution >= 4 is 16.7 Å². The van der Waals surface area contributed by atoms with Gasteiger partial charge in [0.25, 0.3) is 5.91 Å². The average Bonchev–Trinajstić information content (AvgIpc) is 3.11. The summed E-state index contributed by atoms with van der Waals surface area (Å²) in [6.45, 7) is 4.47. The van der Waals surface area contributed by atoms with Crippen molar-refractivity contribution < 1.29 is 22.5 Å². The van der Waals surface area contributed by atoms with Crippen molar-refractivity contribution in [3.05, 3.63) is 53.7 Å². The predicted molar refractivity (Wildman–Crippen MR) is 94.8 cm³/mol. The fourth-order valence-electron chi connectivity index (χ4n) is 2.62. The van der Waals surface area contributed by atoms with Crippen LogP contribution in [-0.4, -0.2) is 54.4 Å². The molecule has 1 aliphatic rings. The number of rotatable bonds is 7. The summed E-state index contributed by atoms with van der Waals surface area (Å²) in [4.78, 5) is 14.9. The largest absolute Gasteiger partial charge is 0.455 e. The van der Waals surface area contributed by atoms with Crippen LogP contribution in [0.3, 0.4) is 0 Å². The predicted octanol–water partition coefficient (Wildman–Crippen LogP) is 1.79. The van der Waals surface area contributed by atoms with Gasteiger partial charge >= 0.3 is 0 Å². The number of amides is 1. The summed E-state index contributed by atoms with van der Waals surface area (Å²) in [5, 5.41) is 2.82. The Kier molecular flexibility index (Phi) is 6.54. The zero-order valence-corrected chi connectivity index (χ0v) is 15.1. The molecule has 0 spiro atoms. The standard InChI is InChI=1S/C18H21FN2O4S/c19-14-1-4-16(5-2-14)26(23)13-15-3-6-17(25-15)18(22)20-7-8-21-9-11-24-12-10-21/h1-6H,7-13H2,(H,20,22)/t26-/m0/s1. The monoisotopic (exact) mass is 380 g/mol. The lowest BCUT2D eigenvalue weighted by molar-refractivity contribution is 0.0382. The van der Waals surface area contributed by atoms with E-state index in [-0.39, 0.29) is 23.2 Å². The van der Waals surface area contributed by atoms with E-state index in [1.807, 2.05) is 0 Å². The fraction of sp³-hybridized carbons (Fsp3) is 0.389. The molecule has 0 saturated carbocycles. The Balaban J connectivity index is 1.48. The molecule has 1 aromatic heterocycles. The van der Waals surface area contributed by atoms with E-state index in [0.717, 1.165) is 32.8 Å². The summed E-state index contributed by atoms with van der Waals surface area (Å²) in [5.74, 6) is 0.105. The maximum absolute atomic E-state index is 12.9. The molecule has 1 aromatic carbocycles. The lowest BCUT2D eigenvalue weighted by atomic mass is 10.4. The van der Waals surface area contributed by atoms with Gasteiger partial charge in [0, 0.05) is 31.1 Å². The third-order valence-corrected chi connectivity index (χ3v) is 5.40. The number of carbonyl (C=O) groups is 1. The van der Waals surface area contributed by atoms with Gasteiger partial charge in [-0.3, -0.25) is 13.9 Å². The van der Waals surface area contributed by atoms with Crippen molar-refractivity contribution in [1.82, 2.24) is 10.2 Å². The average molecular weight is 380 g/mol. The second-order valence-electron chi connectivity index (χ2n) is 5.92. The first-order chi connectivity index (χ1) is 12.6. The van der Waals surface area contributed by atoms with Crippen LogP contribution in [0.15, 0.2) is 45.7 Å². The Hall–Kier alpha value is -2.03. The Morgan fingerprint density at radius 2 is 1.88 bits per heavy atom. The quantitative estimate of drug-likeness (QED) is 0.793. The number of hydrogen-bond acceptors (Lipinski definition) is 5. The van der Waals surface area contributed by atoms with Crippen LogP contribution in [0.5, 0.6) is 0 Å². The number of morpholine rings is 1. The summed E-state index contributed by atoms with van der Waals surface area (Å²) in [6, 6.07) is 8.70. The van der Waals surface area contributed by atoms with E-state index in [1.165, 1.54) is 24.3 Å². The Labute approximate surface area is 153 Å². The van der Waals surface area contributed by atoms with Gasteiger partial charge in [0.15, 0.2) is 5.76 Å². The maximum atomic E-state index is 12.9. The first-order valence-electron chi connectivity index (χ1n) is 8.43. The molecule has 0 bridgehead atoms. The second-order valence-corrected chi connectivity index (χ2v) is 7.37. The number of benzene rings is 1. The Morgan fingerprint density at radius 1 is 1.15 bits per heavy atom. The zero-order valence-electron chi connectivity index (χ0n) is 14.3. The lowest BCUT2D eigenvalue weighted by Crippen LogP contribution is -2.41. The molecule has 26 heavy (non-hydrogen) atoms. The molecule has 8 heteroatoms. The summed E-state index contributed by atoms with van der Waals surface area (Å²) >= 11 is 0. The molecule has 1 saturated heterocycles. The van der Waals surface area contributed by atoms with Crippen LogP contribution in [0, 0.1) is 5.82 Å². The van der Waals surface area contributed by atoms with Crippen LogP contribution in [0.25, 0.3) is 0 Å². The number of hydrogen-bond donors (Lipinski definition) is 1. The number of ether oxygens (including phenoxy) is 1. The highest BCUT2D eigenvalue weighted by molar-refractivity contribution is 7.84. The summed E-state index contributed by atoms with van der Waals surface area (Å²) in [5.41, 5.74) is 0. The topological polar surface area (TPSA) is 71.8 Å². The van der Waals surface area contributed by atoms with Crippen molar-refractivity contribution in [2.45, 2.75) is 10.6 Å². The van der Waals surface area contributed by atoms with Crippen molar-refractivity contribution in [3.63, 3.8) is 0 Å². The van der Waals surface area contributed by atoms with Gasteiger partial charge < -0.3 is 14.5 Å². The minimum absolute atomic E-state index is 0.132. The van der Waals surface area contributed by atoms with Gasteiger partial charge in [-0.2, -0.15) is 0 Å². The van der Waals surface area contributed by atoms with E-state index in [9.17, 15) is 13.4 Å². The van der Waals surface area contributed by atoms with Crippen molar-refractivity contribution in [3.8, 4) is 0 Å². The number of furan rings is 1. The van der Waals surface area contributed by atoms with Gasteiger partial charge in [-0.1, -0.05) is 0 Å². The minimum atomic E-state index is -1.36. The smallest absolute Gasteiger partial charge is 0.287 e. The van der Waals surface area contributed by atoms with E-state index < -0.39 is 10.8 Å². The molecular weight excluding hydrogens is 359 g/mol. The highest BCUT2D eigenvalue weighted by atomic mass is 32.2. The van der Waals surface area contributed by atoms with Crippen LogP contribution in [-0.2, 0) is 21.3 Å². The number of halogens is 1. The lowest BCUT2D eigenvalue weighted by Gasteiger charge is -2.26. The van der Waals surface area contributed by atoms with Crippen LogP contribution in [0.4, 0.5) is 4.39 Å². The van der Waals surface area contributed by atoms with Crippen molar-refractivity contribution in [1.29, 1.82) is 0 Å². The van der Waals surface area contributed by atoms with E-state index in [0.29, 0.717) is 17.2 Å². The van der Waals surface area contributed by atoms with Crippen LogP contribution in [0.2, 0.25) is 0 Å². The number of nitrogens with zero attached hydrogens (tertiary/aromatic N) is 1. The molecule has 1 N–H and O–H groups in total. The second kappa shape index (κ2) is 9.07. The molecule has 1 aliphatic heterocycles. The Morgan fingerprint density at radius 3 is 2.62 bits per heavy atom. The van der Waals surface area contributed by atoms with Crippen LogP contribution >= 0.6 is 0 Å². The first kappa shape index (κ1) is 18.8. The van der Waals surface area contributed by atoms with E-state index >= 15 is 0 Å². The number of carbonyl (C=O) groups excluding carboxylic acids is 1. The molecule has 2 aromatic rings. The van der Waals surface area contributed by atoms with E-state index in [1.54, 1.807) is 12.1 Å². The van der Waals surface area contributed by atoms with Gasteiger partial charge in [-0.15, -0.1) is 0 Å². The van der Waals surface area contributed by atoms with Gasteiger partial charge in [-0.25, -0.2) is 4.39 Å². The summed E-state index contributed by atoms with van der Waals surface area (Å²) < 4.78 is 36.0. The maximum Gasteiger partial charge on any atom is 0.287 e. The van der Waals surface area contributed by atoms with Crippen molar-refractivity contribution in [2.24, 2.45) is 0 Å². The van der Waals surface area contributed by atoms with E-state index in [4.69, 9.17) is 9.15 Å². The van der Waals surface area contributed by atoms with Gasteiger partial charge in [0.2, 0.25) is 0 Å². The molecule has 3 rings (SSSR count). The molecule has 2 heterocycles. The van der Waals surface area contributed by atoms with Crippen LogP contribution < -0.4 is 5.32 Å². The molecule has 0 aliphatic carbocycles. The number of nitrogens with one attached hydrogen (secondary N) is 1. The van der Waals surface area contributed by atoms with E-state index in [2.05, 4.69) is 10.2 Å². The van der Waals surface area contributed by atoms with Gasteiger partial charge in [0.05, 0.1) is 29.8 Å². The Bertz CT molecular complexity index is 757. The highest BCUT2D eigenvalue weighted by Crippen LogP contribution is 2.15. The fourth-order valence-corrected chi connectivity index (χ4v) is 3.64. The van der Waals surface area contributed by atoms with Gasteiger partial charge in [0.1, 0.15) is 11.6 Å². The highest BCUT2D eigenvalue weighted by Gasteiger charge is 2.15. The molecule has 140 valence electrons. The molecule has 6 nitrogen and oxygen atoms in total. The third kappa shape index (κ3) is 5.23. The minimum Gasteiger partial charge on any atom is -0.455 e. The molecular formula is C18H21FN2O4S. The van der Waals surface area contributed by atoms with Crippen LogP contribution in [0.1, 0.15) is 16.3 Å². The molecule has 1 fully saturated rings. The van der Waals surface area contributed by atoms with Crippen molar-refractivity contribution in [2.75, 3.05) is 39.4 Å². The summed E-state index contributed by atoms with van der Waals surface area (Å²) in [6.07, 6.45) is 0. The first-order valence-corrected chi connectivity index (χ1v) is 9.74. The summed E-state index contributed by atoms with van der Waals surface area (Å²) in [7, 11) is -1.36. The normalized spacial score (nSPS) is 16.3. The van der Waals surface area contributed by atoms with Gasteiger partial charge in [-0.05, 0) is 36.4 Å². The molecule has 0 radical (unpaired) electrons. The molecule has 0 unspecified atom stereocenters. The molecule has 1 atom stereocenters.